The average molecular weight is 386 g/mol. The Balaban J connectivity index is 1.54. The standard InChI is InChI=1S/C20H20F2N4O2/c1-12-6-5-11-26-18(13(2)24-19(12)26)20(28)23-10-4-9-16(27)25-17-14(21)7-3-8-15(17)22/h3,5-8,11H,4,9-10H2,1-2H3,(H,23,28)(H,25,27). The van der Waals surface area contributed by atoms with Crippen LogP contribution >= 0.6 is 0 Å². The van der Waals surface area contributed by atoms with Gasteiger partial charge in [-0.2, -0.15) is 0 Å². The molecule has 1 aromatic carbocycles. The van der Waals surface area contributed by atoms with E-state index in [1.54, 1.807) is 17.5 Å². The highest BCUT2D eigenvalue weighted by Crippen LogP contribution is 2.18. The molecule has 3 aromatic rings. The van der Waals surface area contributed by atoms with Crippen LogP contribution in [0.25, 0.3) is 5.65 Å². The van der Waals surface area contributed by atoms with Crippen molar-refractivity contribution in [1.29, 1.82) is 0 Å². The molecule has 2 amide bonds. The normalized spacial score (nSPS) is 10.9. The lowest BCUT2D eigenvalue weighted by atomic mass is 10.2. The summed E-state index contributed by atoms with van der Waals surface area (Å²) >= 11 is 0. The fraction of sp³-hybridized carbons (Fsp3) is 0.250. The van der Waals surface area contributed by atoms with Crippen molar-refractivity contribution in [1.82, 2.24) is 14.7 Å². The van der Waals surface area contributed by atoms with Crippen molar-refractivity contribution in [2.45, 2.75) is 26.7 Å². The number of imidazole rings is 1. The molecule has 3 rings (SSSR count). The van der Waals surface area contributed by atoms with Crippen LogP contribution in [0.2, 0.25) is 0 Å². The Morgan fingerprint density at radius 2 is 1.82 bits per heavy atom. The molecule has 0 aliphatic rings. The summed E-state index contributed by atoms with van der Waals surface area (Å²) in [6, 6.07) is 7.12. The number of hydrogen-bond donors (Lipinski definition) is 2. The van der Waals surface area contributed by atoms with Gasteiger partial charge in [-0.3, -0.25) is 14.0 Å². The second kappa shape index (κ2) is 8.16. The number of nitrogens with zero attached hydrogens (tertiary/aromatic N) is 2. The third-order valence-corrected chi connectivity index (χ3v) is 4.33. The summed E-state index contributed by atoms with van der Waals surface area (Å²) < 4.78 is 28.8. The Morgan fingerprint density at radius 3 is 2.54 bits per heavy atom. The number of anilines is 1. The zero-order valence-electron chi connectivity index (χ0n) is 15.6. The van der Waals surface area contributed by atoms with E-state index < -0.39 is 23.2 Å². The van der Waals surface area contributed by atoms with Crippen molar-refractivity contribution in [2.75, 3.05) is 11.9 Å². The number of halogens is 2. The van der Waals surface area contributed by atoms with Crippen LogP contribution in [0, 0.1) is 25.5 Å². The molecule has 0 fully saturated rings. The molecule has 2 aromatic heterocycles. The first-order valence-corrected chi connectivity index (χ1v) is 8.85. The van der Waals surface area contributed by atoms with Gasteiger partial charge in [0.15, 0.2) is 0 Å². The summed E-state index contributed by atoms with van der Waals surface area (Å²) in [4.78, 5) is 28.8. The molecule has 28 heavy (non-hydrogen) atoms. The smallest absolute Gasteiger partial charge is 0.270 e. The van der Waals surface area contributed by atoms with Crippen LogP contribution in [-0.2, 0) is 4.79 Å². The highest BCUT2D eigenvalue weighted by Gasteiger charge is 2.17. The molecule has 2 N–H and O–H groups in total. The van der Waals surface area contributed by atoms with Crippen molar-refractivity contribution in [3.8, 4) is 0 Å². The third kappa shape index (κ3) is 4.00. The van der Waals surface area contributed by atoms with E-state index in [1.165, 1.54) is 6.07 Å². The molecule has 6 nitrogen and oxygen atoms in total. The van der Waals surface area contributed by atoms with Gasteiger partial charge in [0.2, 0.25) is 5.91 Å². The Labute approximate surface area is 160 Å². The molecule has 0 aliphatic carbocycles. The summed E-state index contributed by atoms with van der Waals surface area (Å²) in [5, 5.41) is 4.97. The van der Waals surface area contributed by atoms with Crippen molar-refractivity contribution in [2.24, 2.45) is 0 Å². The minimum absolute atomic E-state index is 0.0132. The third-order valence-electron chi connectivity index (χ3n) is 4.33. The van der Waals surface area contributed by atoms with Gasteiger partial charge in [-0.25, -0.2) is 13.8 Å². The summed E-state index contributed by atoms with van der Waals surface area (Å²) in [7, 11) is 0. The maximum atomic E-state index is 13.5. The first-order valence-electron chi connectivity index (χ1n) is 8.85. The SMILES string of the molecule is Cc1nc2c(C)cccn2c1C(=O)NCCCC(=O)Nc1c(F)cccc1F. The maximum Gasteiger partial charge on any atom is 0.270 e. The minimum Gasteiger partial charge on any atom is -0.351 e. The van der Waals surface area contributed by atoms with Crippen LogP contribution in [-0.4, -0.2) is 27.7 Å². The molecule has 0 unspecified atom stereocenters. The Kier molecular flexibility index (Phi) is 5.67. The van der Waals surface area contributed by atoms with E-state index in [0.29, 0.717) is 17.8 Å². The van der Waals surface area contributed by atoms with E-state index in [2.05, 4.69) is 15.6 Å². The molecule has 0 atom stereocenters. The molecule has 0 spiro atoms. The Bertz CT molecular complexity index is 1030. The van der Waals surface area contributed by atoms with Crippen molar-refractivity contribution >= 4 is 23.1 Å². The summed E-state index contributed by atoms with van der Waals surface area (Å²) in [6.45, 7) is 3.92. The number of para-hydroxylation sites is 1. The predicted octanol–water partition coefficient (Wildman–Crippen LogP) is 3.38. The van der Waals surface area contributed by atoms with E-state index in [-0.39, 0.29) is 18.9 Å². The zero-order valence-corrected chi connectivity index (χ0v) is 15.6. The number of carbonyl (C=O) groups is 2. The number of hydrogen-bond acceptors (Lipinski definition) is 3. The lowest BCUT2D eigenvalue weighted by molar-refractivity contribution is -0.116. The predicted molar refractivity (Wildman–Crippen MR) is 101 cm³/mol. The quantitative estimate of drug-likeness (QED) is 0.638. The summed E-state index contributed by atoms with van der Waals surface area (Å²) in [5.41, 5.74) is 2.27. The molecule has 0 saturated carbocycles. The molecule has 2 heterocycles. The first-order chi connectivity index (χ1) is 13.4. The van der Waals surface area contributed by atoms with E-state index in [1.807, 2.05) is 19.1 Å². The van der Waals surface area contributed by atoms with Crippen molar-refractivity contribution in [3.05, 3.63) is 65.1 Å². The fourth-order valence-corrected chi connectivity index (χ4v) is 2.94. The van der Waals surface area contributed by atoms with Gasteiger partial charge in [0.05, 0.1) is 5.69 Å². The van der Waals surface area contributed by atoms with Crippen LogP contribution in [0.15, 0.2) is 36.5 Å². The summed E-state index contributed by atoms with van der Waals surface area (Å²) in [6.07, 6.45) is 2.11. The van der Waals surface area contributed by atoms with Gasteiger partial charge in [-0.1, -0.05) is 12.1 Å². The largest absolute Gasteiger partial charge is 0.351 e. The first kappa shape index (κ1) is 19.5. The molecule has 0 radical (unpaired) electrons. The van der Waals surface area contributed by atoms with Gasteiger partial charge in [0.25, 0.3) is 5.91 Å². The van der Waals surface area contributed by atoms with Gasteiger partial charge in [-0.05, 0) is 44.0 Å². The second-order valence-electron chi connectivity index (χ2n) is 6.43. The summed E-state index contributed by atoms with van der Waals surface area (Å²) in [5.74, 6) is -2.49. The molecular weight excluding hydrogens is 366 g/mol. The van der Waals surface area contributed by atoms with E-state index >= 15 is 0 Å². The van der Waals surface area contributed by atoms with E-state index in [0.717, 1.165) is 23.3 Å². The lowest BCUT2D eigenvalue weighted by Gasteiger charge is -2.08. The van der Waals surface area contributed by atoms with Crippen LogP contribution < -0.4 is 10.6 Å². The van der Waals surface area contributed by atoms with E-state index in [9.17, 15) is 18.4 Å². The number of amides is 2. The monoisotopic (exact) mass is 386 g/mol. The number of benzene rings is 1. The molecule has 146 valence electrons. The Morgan fingerprint density at radius 1 is 1.11 bits per heavy atom. The van der Waals surface area contributed by atoms with Gasteiger partial charge < -0.3 is 10.6 Å². The highest BCUT2D eigenvalue weighted by molar-refractivity contribution is 5.95. The van der Waals surface area contributed by atoms with Crippen molar-refractivity contribution < 1.29 is 18.4 Å². The molecule has 0 saturated heterocycles. The lowest BCUT2D eigenvalue weighted by Crippen LogP contribution is -2.27. The maximum absolute atomic E-state index is 13.5. The highest BCUT2D eigenvalue weighted by atomic mass is 19.1. The number of carbonyl (C=O) groups excluding carboxylic acids is 2. The van der Waals surface area contributed by atoms with Crippen LogP contribution in [0.4, 0.5) is 14.5 Å². The van der Waals surface area contributed by atoms with Gasteiger partial charge in [0.1, 0.15) is 28.7 Å². The van der Waals surface area contributed by atoms with Crippen LogP contribution in [0.5, 0.6) is 0 Å². The minimum atomic E-state index is -0.833. The second-order valence-corrected chi connectivity index (χ2v) is 6.43. The Hall–Kier alpha value is -3.29. The van der Waals surface area contributed by atoms with Crippen LogP contribution in [0.3, 0.4) is 0 Å². The molecule has 8 heteroatoms. The van der Waals surface area contributed by atoms with E-state index in [4.69, 9.17) is 0 Å². The number of nitrogens with one attached hydrogen (secondary N) is 2. The number of aryl methyl sites for hydroxylation is 2. The molecule has 0 aliphatic heterocycles. The number of aromatic nitrogens is 2. The zero-order chi connectivity index (χ0) is 20.3. The molecule has 0 bridgehead atoms. The topological polar surface area (TPSA) is 75.5 Å². The van der Waals surface area contributed by atoms with Crippen molar-refractivity contribution in [3.63, 3.8) is 0 Å². The molecular formula is C20H20F2N4O2. The van der Waals surface area contributed by atoms with Gasteiger partial charge in [0, 0.05) is 19.2 Å². The van der Waals surface area contributed by atoms with Crippen LogP contribution in [0.1, 0.15) is 34.6 Å². The fourth-order valence-electron chi connectivity index (χ4n) is 2.94. The average Bonchev–Trinajstić information content (AvgIpc) is 2.99. The number of rotatable bonds is 6. The van der Waals surface area contributed by atoms with Gasteiger partial charge in [-0.15, -0.1) is 0 Å². The number of fused-ring (bicyclic) bond motifs is 1. The van der Waals surface area contributed by atoms with Gasteiger partial charge >= 0.3 is 0 Å². The number of pyridine rings is 1.